The number of carbonyl (C=O) groups is 1. The average Bonchev–Trinajstić information content (AvgIpc) is 2.50. The third-order valence-corrected chi connectivity index (χ3v) is 1.51. The van der Waals surface area contributed by atoms with Gasteiger partial charge in [-0.2, -0.15) is 0 Å². The van der Waals surface area contributed by atoms with Crippen LogP contribution in [0.4, 0.5) is 0 Å². The molecule has 0 bridgehead atoms. The molecule has 1 rings (SSSR count). The van der Waals surface area contributed by atoms with Crippen molar-refractivity contribution in [2.24, 2.45) is 0 Å². The van der Waals surface area contributed by atoms with E-state index in [2.05, 4.69) is 5.16 Å². The molecule has 0 aliphatic heterocycles. The predicted molar refractivity (Wildman–Crippen MR) is 40.5 cm³/mol. The van der Waals surface area contributed by atoms with E-state index in [0.29, 0.717) is 12.1 Å². The lowest BCUT2D eigenvalue weighted by atomic mass is 10.2. The second kappa shape index (κ2) is 3.32. The average molecular weight is 153 g/mol. The highest BCUT2D eigenvalue weighted by molar-refractivity contribution is 5.93. The van der Waals surface area contributed by atoms with Crippen LogP contribution in [0.1, 0.15) is 36.5 Å². The summed E-state index contributed by atoms with van der Waals surface area (Å²) in [4.78, 5) is 11.0. The van der Waals surface area contributed by atoms with Crippen molar-refractivity contribution in [3.63, 3.8) is 0 Å². The molecule has 0 aliphatic carbocycles. The van der Waals surface area contributed by atoms with Gasteiger partial charge in [0.2, 0.25) is 0 Å². The summed E-state index contributed by atoms with van der Waals surface area (Å²) in [6, 6.07) is 1.70. The van der Waals surface area contributed by atoms with E-state index in [1.165, 1.54) is 0 Å². The highest BCUT2D eigenvalue weighted by atomic mass is 16.5. The Hall–Kier alpha value is -1.12. The van der Waals surface area contributed by atoms with E-state index in [-0.39, 0.29) is 5.78 Å². The van der Waals surface area contributed by atoms with Crippen LogP contribution < -0.4 is 0 Å². The molecule has 0 aromatic carbocycles. The van der Waals surface area contributed by atoms with Gasteiger partial charge >= 0.3 is 0 Å². The first-order valence-electron chi connectivity index (χ1n) is 3.76. The minimum atomic E-state index is 0.0356. The van der Waals surface area contributed by atoms with Crippen molar-refractivity contribution >= 4 is 5.78 Å². The largest absolute Gasteiger partial charge is 0.361 e. The summed E-state index contributed by atoms with van der Waals surface area (Å²) in [5.41, 5.74) is 0.448. The molecule has 3 heteroatoms. The topological polar surface area (TPSA) is 43.1 Å². The fourth-order valence-electron chi connectivity index (χ4n) is 0.792. The third-order valence-electron chi connectivity index (χ3n) is 1.51. The summed E-state index contributed by atoms with van der Waals surface area (Å²) in [5.74, 6) is 0.801. The van der Waals surface area contributed by atoms with Crippen molar-refractivity contribution in [3.8, 4) is 0 Å². The zero-order valence-electron chi connectivity index (χ0n) is 6.76. The Bertz CT molecular complexity index is 252. The molecule has 1 heterocycles. The molecule has 1 aromatic rings. The number of Topliss-reactive ketones (excluding diaryl/α,β-unsaturated/α-hetero) is 1. The van der Waals surface area contributed by atoms with Gasteiger partial charge in [0.25, 0.3) is 0 Å². The number of ketones is 1. The van der Waals surface area contributed by atoms with Crippen molar-refractivity contribution in [1.29, 1.82) is 0 Å². The predicted octanol–water partition coefficient (Wildman–Crippen LogP) is 1.83. The Labute approximate surface area is 65.4 Å². The van der Waals surface area contributed by atoms with Crippen LogP contribution in [0.3, 0.4) is 0 Å². The van der Waals surface area contributed by atoms with Crippen molar-refractivity contribution in [3.05, 3.63) is 17.5 Å². The molecule has 0 radical (unpaired) electrons. The SMILES string of the molecule is CCC(=O)c1cc(CC)on1. The fourth-order valence-corrected chi connectivity index (χ4v) is 0.792. The zero-order chi connectivity index (χ0) is 8.27. The van der Waals surface area contributed by atoms with E-state index in [4.69, 9.17) is 4.52 Å². The van der Waals surface area contributed by atoms with Crippen LogP contribution in [0.5, 0.6) is 0 Å². The van der Waals surface area contributed by atoms with Gasteiger partial charge < -0.3 is 4.52 Å². The van der Waals surface area contributed by atoms with Gasteiger partial charge in [-0.15, -0.1) is 0 Å². The van der Waals surface area contributed by atoms with Gasteiger partial charge in [0.05, 0.1) is 0 Å². The maximum atomic E-state index is 11.0. The first-order chi connectivity index (χ1) is 5.27. The summed E-state index contributed by atoms with van der Waals surface area (Å²) in [7, 11) is 0. The molecule has 0 spiro atoms. The van der Waals surface area contributed by atoms with Gasteiger partial charge in [-0.1, -0.05) is 19.0 Å². The lowest BCUT2D eigenvalue weighted by Gasteiger charge is -1.84. The molecule has 0 saturated heterocycles. The lowest BCUT2D eigenvalue weighted by Crippen LogP contribution is -1.95. The molecule has 0 unspecified atom stereocenters. The van der Waals surface area contributed by atoms with E-state index in [9.17, 15) is 4.79 Å². The first-order valence-corrected chi connectivity index (χ1v) is 3.76. The number of rotatable bonds is 3. The van der Waals surface area contributed by atoms with E-state index in [1.54, 1.807) is 6.07 Å². The van der Waals surface area contributed by atoms with E-state index < -0.39 is 0 Å². The molecule has 0 fully saturated rings. The van der Waals surface area contributed by atoms with Crippen LogP contribution in [0.25, 0.3) is 0 Å². The number of carbonyl (C=O) groups excluding carboxylic acids is 1. The Morgan fingerprint density at radius 3 is 2.82 bits per heavy atom. The molecule has 3 nitrogen and oxygen atoms in total. The highest BCUT2D eigenvalue weighted by Gasteiger charge is 2.08. The zero-order valence-corrected chi connectivity index (χ0v) is 6.76. The number of aryl methyl sites for hydroxylation is 1. The van der Waals surface area contributed by atoms with Crippen molar-refractivity contribution in [2.45, 2.75) is 26.7 Å². The molecule has 0 N–H and O–H groups in total. The second-order valence-corrected chi connectivity index (χ2v) is 2.31. The summed E-state index contributed by atoms with van der Waals surface area (Å²) >= 11 is 0. The third kappa shape index (κ3) is 1.67. The first kappa shape index (κ1) is 7.98. The number of hydrogen-bond acceptors (Lipinski definition) is 3. The molecule has 1 aromatic heterocycles. The summed E-state index contributed by atoms with van der Waals surface area (Å²) in [6.07, 6.45) is 1.26. The minimum absolute atomic E-state index is 0.0356. The monoisotopic (exact) mass is 153 g/mol. The van der Waals surface area contributed by atoms with Gasteiger partial charge in [0.15, 0.2) is 5.78 Å². The smallest absolute Gasteiger partial charge is 0.184 e. The molecule has 11 heavy (non-hydrogen) atoms. The van der Waals surface area contributed by atoms with E-state index in [1.807, 2.05) is 13.8 Å². The molecule has 0 atom stereocenters. The Morgan fingerprint density at radius 2 is 2.36 bits per heavy atom. The van der Waals surface area contributed by atoms with Crippen LogP contribution in [0, 0.1) is 0 Å². The summed E-state index contributed by atoms with van der Waals surface area (Å²) in [6.45, 7) is 3.77. The van der Waals surface area contributed by atoms with Gasteiger partial charge in [-0.25, -0.2) is 0 Å². The van der Waals surface area contributed by atoms with Crippen molar-refractivity contribution < 1.29 is 9.32 Å². The molecule has 60 valence electrons. The Balaban J connectivity index is 2.80. The second-order valence-electron chi connectivity index (χ2n) is 2.31. The van der Waals surface area contributed by atoms with Crippen LogP contribution in [-0.4, -0.2) is 10.9 Å². The van der Waals surface area contributed by atoms with Gasteiger partial charge in [-0.3, -0.25) is 4.79 Å². The van der Waals surface area contributed by atoms with Gasteiger partial charge in [0.1, 0.15) is 11.5 Å². The van der Waals surface area contributed by atoms with Crippen LogP contribution in [0.15, 0.2) is 10.6 Å². The molecular formula is C8H11NO2. The molecular weight excluding hydrogens is 142 g/mol. The summed E-state index contributed by atoms with van der Waals surface area (Å²) in [5, 5.41) is 3.63. The quantitative estimate of drug-likeness (QED) is 0.622. The Kier molecular flexibility index (Phi) is 2.41. The van der Waals surface area contributed by atoms with Crippen LogP contribution >= 0.6 is 0 Å². The van der Waals surface area contributed by atoms with Crippen molar-refractivity contribution in [2.75, 3.05) is 0 Å². The lowest BCUT2D eigenvalue weighted by molar-refractivity contribution is 0.0979. The minimum Gasteiger partial charge on any atom is -0.361 e. The summed E-state index contributed by atoms with van der Waals surface area (Å²) < 4.78 is 4.87. The maximum Gasteiger partial charge on any atom is 0.184 e. The van der Waals surface area contributed by atoms with Gasteiger partial charge in [-0.05, 0) is 0 Å². The van der Waals surface area contributed by atoms with Gasteiger partial charge in [0, 0.05) is 18.9 Å². The maximum absolute atomic E-state index is 11.0. The normalized spacial score (nSPS) is 10.0. The van der Waals surface area contributed by atoms with E-state index in [0.717, 1.165) is 12.2 Å². The fraction of sp³-hybridized carbons (Fsp3) is 0.500. The molecule has 0 aliphatic rings. The number of aromatic nitrogens is 1. The van der Waals surface area contributed by atoms with Crippen LogP contribution in [-0.2, 0) is 6.42 Å². The number of nitrogens with zero attached hydrogens (tertiary/aromatic N) is 1. The molecule has 0 amide bonds. The standard InChI is InChI=1S/C8H11NO2/c1-3-6-5-7(9-11-6)8(10)4-2/h5H,3-4H2,1-2H3. The highest BCUT2D eigenvalue weighted by Crippen LogP contribution is 2.05. The molecule has 0 saturated carbocycles. The van der Waals surface area contributed by atoms with E-state index >= 15 is 0 Å². The van der Waals surface area contributed by atoms with Crippen LogP contribution in [0.2, 0.25) is 0 Å². The Morgan fingerprint density at radius 1 is 1.64 bits per heavy atom. The van der Waals surface area contributed by atoms with Crippen molar-refractivity contribution in [1.82, 2.24) is 5.16 Å². The number of hydrogen-bond donors (Lipinski definition) is 0.